The predicted octanol–water partition coefficient (Wildman–Crippen LogP) is 2.09. The Balaban J connectivity index is 3.91. The second-order valence-electron chi connectivity index (χ2n) is 3.02. The molecule has 60 valence electrons. The van der Waals surface area contributed by atoms with Gasteiger partial charge in [0.15, 0.2) is 0 Å². The SMILES string of the molecule is C=C(NOC)C(C)(C)CC. The Labute approximate surface area is 63.2 Å². The highest BCUT2D eigenvalue weighted by atomic mass is 16.6. The van der Waals surface area contributed by atoms with Crippen molar-refractivity contribution in [2.75, 3.05) is 7.11 Å². The first-order chi connectivity index (χ1) is 4.54. The van der Waals surface area contributed by atoms with Crippen LogP contribution in [0.4, 0.5) is 0 Å². The first-order valence-corrected chi connectivity index (χ1v) is 3.53. The minimum absolute atomic E-state index is 0.121. The van der Waals surface area contributed by atoms with E-state index in [1.165, 1.54) is 0 Å². The van der Waals surface area contributed by atoms with Gasteiger partial charge in [0.1, 0.15) is 0 Å². The summed E-state index contributed by atoms with van der Waals surface area (Å²) in [6.45, 7) is 10.2. The lowest BCUT2D eigenvalue weighted by Gasteiger charge is -2.25. The third kappa shape index (κ3) is 2.40. The van der Waals surface area contributed by atoms with E-state index in [2.05, 4.69) is 32.8 Å². The number of allylic oxidation sites excluding steroid dienone is 1. The number of hydrogen-bond donors (Lipinski definition) is 1. The molecule has 0 aliphatic heterocycles. The van der Waals surface area contributed by atoms with Gasteiger partial charge >= 0.3 is 0 Å². The molecule has 0 heterocycles. The lowest BCUT2D eigenvalue weighted by atomic mass is 9.87. The van der Waals surface area contributed by atoms with E-state index in [0.29, 0.717) is 0 Å². The third-order valence-corrected chi connectivity index (χ3v) is 1.93. The molecule has 0 aromatic rings. The van der Waals surface area contributed by atoms with Crippen molar-refractivity contribution in [3.63, 3.8) is 0 Å². The third-order valence-electron chi connectivity index (χ3n) is 1.93. The second-order valence-corrected chi connectivity index (χ2v) is 3.02. The van der Waals surface area contributed by atoms with Gasteiger partial charge in [-0.15, -0.1) is 0 Å². The Morgan fingerprint density at radius 1 is 1.60 bits per heavy atom. The molecule has 0 spiro atoms. The Morgan fingerprint density at radius 3 is 2.40 bits per heavy atom. The smallest absolute Gasteiger partial charge is 0.0636 e. The average Bonchev–Trinajstić information content (AvgIpc) is 1.89. The number of nitrogens with one attached hydrogen (secondary N) is 1. The molecular weight excluding hydrogens is 126 g/mol. The first kappa shape index (κ1) is 9.50. The standard InChI is InChI=1S/C8H17NO/c1-6-8(3,4)7(2)9-10-5/h9H,2,6H2,1,3-5H3. The maximum atomic E-state index is 4.74. The van der Waals surface area contributed by atoms with Crippen LogP contribution in [-0.4, -0.2) is 7.11 Å². The van der Waals surface area contributed by atoms with Gasteiger partial charge in [-0.3, -0.25) is 10.3 Å². The van der Waals surface area contributed by atoms with E-state index < -0.39 is 0 Å². The lowest BCUT2D eigenvalue weighted by molar-refractivity contribution is 0.0977. The normalized spacial score (nSPS) is 11.2. The van der Waals surface area contributed by atoms with Crippen molar-refractivity contribution >= 4 is 0 Å². The van der Waals surface area contributed by atoms with Crippen LogP contribution in [-0.2, 0) is 4.84 Å². The molecule has 0 radical (unpaired) electrons. The van der Waals surface area contributed by atoms with Crippen LogP contribution >= 0.6 is 0 Å². The summed E-state index contributed by atoms with van der Waals surface area (Å²) >= 11 is 0. The summed E-state index contributed by atoms with van der Waals surface area (Å²) < 4.78 is 0. The maximum absolute atomic E-state index is 4.74. The first-order valence-electron chi connectivity index (χ1n) is 3.53. The van der Waals surface area contributed by atoms with Crippen molar-refractivity contribution in [2.45, 2.75) is 27.2 Å². The summed E-state index contributed by atoms with van der Waals surface area (Å²) in [6.07, 6.45) is 1.06. The van der Waals surface area contributed by atoms with E-state index >= 15 is 0 Å². The van der Waals surface area contributed by atoms with Crippen LogP contribution in [0.15, 0.2) is 12.3 Å². The Bertz CT molecular complexity index is 118. The molecule has 2 nitrogen and oxygen atoms in total. The monoisotopic (exact) mass is 143 g/mol. The van der Waals surface area contributed by atoms with Crippen LogP contribution < -0.4 is 5.48 Å². The highest BCUT2D eigenvalue weighted by molar-refractivity contribution is 5.01. The van der Waals surface area contributed by atoms with Gasteiger partial charge in [-0.05, 0) is 6.42 Å². The van der Waals surface area contributed by atoms with Crippen LogP contribution in [0.1, 0.15) is 27.2 Å². The lowest BCUT2D eigenvalue weighted by Crippen LogP contribution is -2.24. The van der Waals surface area contributed by atoms with Crippen molar-refractivity contribution < 1.29 is 4.84 Å². The number of hydrogen-bond acceptors (Lipinski definition) is 2. The Hall–Kier alpha value is -0.500. The maximum Gasteiger partial charge on any atom is 0.0636 e. The van der Waals surface area contributed by atoms with Crippen molar-refractivity contribution in [2.24, 2.45) is 5.41 Å². The molecule has 1 N–H and O–H groups in total. The van der Waals surface area contributed by atoms with Crippen molar-refractivity contribution in [3.8, 4) is 0 Å². The molecule has 0 rings (SSSR count). The fraction of sp³-hybridized carbons (Fsp3) is 0.750. The summed E-state index contributed by atoms with van der Waals surface area (Å²) in [5.41, 5.74) is 3.79. The van der Waals surface area contributed by atoms with E-state index in [1.54, 1.807) is 7.11 Å². The van der Waals surface area contributed by atoms with Crippen LogP contribution in [0.25, 0.3) is 0 Å². The van der Waals surface area contributed by atoms with E-state index in [9.17, 15) is 0 Å². The second kappa shape index (κ2) is 3.62. The van der Waals surface area contributed by atoms with Gasteiger partial charge in [0.2, 0.25) is 0 Å². The molecule has 0 aromatic heterocycles. The van der Waals surface area contributed by atoms with Crippen molar-refractivity contribution in [3.05, 3.63) is 12.3 Å². The highest BCUT2D eigenvalue weighted by Crippen LogP contribution is 2.26. The van der Waals surface area contributed by atoms with Gasteiger partial charge in [-0.1, -0.05) is 27.4 Å². The topological polar surface area (TPSA) is 21.3 Å². The van der Waals surface area contributed by atoms with Crippen LogP contribution in [0.3, 0.4) is 0 Å². The van der Waals surface area contributed by atoms with E-state index in [1.807, 2.05) is 0 Å². The van der Waals surface area contributed by atoms with Crippen LogP contribution in [0.2, 0.25) is 0 Å². The molecular formula is C8H17NO. The fourth-order valence-corrected chi connectivity index (χ4v) is 0.475. The molecule has 0 aliphatic rings. The molecule has 0 fully saturated rings. The largest absolute Gasteiger partial charge is 0.280 e. The van der Waals surface area contributed by atoms with Gasteiger partial charge < -0.3 is 0 Å². The summed E-state index contributed by atoms with van der Waals surface area (Å²) in [6, 6.07) is 0. The van der Waals surface area contributed by atoms with Gasteiger partial charge in [0.05, 0.1) is 7.11 Å². The molecule has 0 saturated heterocycles. The highest BCUT2D eigenvalue weighted by Gasteiger charge is 2.18. The summed E-state index contributed by atoms with van der Waals surface area (Å²) in [5, 5.41) is 0. The molecule has 0 bridgehead atoms. The molecule has 0 amide bonds. The predicted molar refractivity (Wildman–Crippen MR) is 43.4 cm³/mol. The minimum atomic E-state index is 0.121. The van der Waals surface area contributed by atoms with Gasteiger partial charge in [-0.2, -0.15) is 0 Å². The summed E-state index contributed by atoms with van der Waals surface area (Å²) in [5.74, 6) is 0. The molecule has 0 aromatic carbocycles. The summed E-state index contributed by atoms with van der Waals surface area (Å²) in [7, 11) is 1.59. The number of hydroxylamine groups is 1. The van der Waals surface area contributed by atoms with Crippen molar-refractivity contribution in [1.82, 2.24) is 5.48 Å². The average molecular weight is 143 g/mol. The van der Waals surface area contributed by atoms with Gasteiger partial charge in [-0.25, -0.2) is 0 Å². The van der Waals surface area contributed by atoms with E-state index in [0.717, 1.165) is 12.1 Å². The Morgan fingerprint density at radius 2 is 2.10 bits per heavy atom. The molecule has 0 aliphatic carbocycles. The summed E-state index contributed by atoms with van der Waals surface area (Å²) in [4.78, 5) is 4.74. The molecule has 2 heteroatoms. The molecule has 0 atom stereocenters. The van der Waals surface area contributed by atoms with Gasteiger partial charge in [0, 0.05) is 11.1 Å². The fourth-order valence-electron chi connectivity index (χ4n) is 0.475. The molecule has 10 heavy (non-hydrogen) atoms. The zero-order chi connectivity index (χ0) is 8.20. The van der Waals surface area contributed by atoms with Crippen LogP contribution in [0.5, 0.6) is 0 Å². The zero-order valence-corrected chi connectivity index (χ0v) is 7.32. The molecule has 0 saturated carbocycles. The Kier molecular flexibility index (Phi) is 3.43. The number of rotatable bonds is 4. The quantitative estimate of drug-likeness (QED) is 0.608. The van der Waals surface area contributed by atoms with Crippen LogP contribution in [0, 0.1) is 5.41 Å². The van der Waals surface area contributed by atoms with E-state index in [-0.39, 0.29) is 5.41 Å². The van der Waals surface area contributed by atoms with Gasteiger partial charge in [0.25, 0.3) is 0 Å². The zero-order valence-electron chi connectivity index (χ0n) is 7.32. The molecule has 0 unspecified atom stereocenters. The van der Waals surface area contributed by atoms with Crippen molar-refractivity contribution in [1.29, 1.82) is 0 Å². The minimum Gasteiger partial charge on any atom is -0.280 e. The van der Waals surface area contributed by atoms with E-state index in [4.69, 9.17) is 4.84 Å².